The number of benzene rings is 3. The zero-order valence-electron chi connectivity index (χ0n) is 19.4. The third kappa shape index (κ3) is 3.57. The van der Waals surface area contributed by atoms with Gasteiger partial charge in [-0.25, -0.2) is 0 Å². The highest BCUT2D eigenvalue weighted by Crippen LogP contribution is 2.50. The lowest BCUT2D eigenvalue weighted by molar-refractivity contribution is -0.0300. The SMILES string of the molecule is Cc1ccccc1-c1cccc(-c2cccc(N3CC(C)(C)C(C)(C)O3)c2)c1C1CC1. The molecule has 5 rings (SSSR count). The normalized spacial score (nSPS) is 19.6. The Kier molecular flexibility index (Phi) is 4.75. The van der Waals surface area contributed by atoms with Crippen molar-refractivity contribution in [3.05, 3.63) is 77.9 Å². The maximum Gasteiger partial charge on any atom is 0.0975 e. The second-order valence-electron chi connectivity index (χ2n) is 10.4. The lowest BCUT2D eigenvalue weighted by Crippen LogP contribution is -2.36. The van der Waals surface area contributed by atoms with Crippen LogP contribution >= 0.6 is 0 Å². The molecule has 3 aromatic rings. The van der Waals surface area contributed by atoms with E-state index in [-0.39, 0.29) is 11.0 Å². The zero-order chi connectivity index (χ0) is 21.8. The summed E-state index contributed by atoms with van der Waals surface area (Å²) in [4.78, 5) is 6.37. The van der Waals surface area contributed by atoms with Crippen molar-refractivity contribution in [2.24, 2.45) is 5.41 Å². The lowest BCUT2D eigenvalue weighted by atomic mass is 9.78. The van der Waals surface area contributed by atoms with Crippen LogP contribution in [0, 0.1) is 12.3 Å². The lowest BCUT2D eigenvalue weighted by Gasteiger charge is -2.30. The van der Waals surface area contributed by atoms with Gasteiger partial charge in [-0.2, -0.15) is 0 Å². The average molecular weight is 412 g/mol. The first kappa shape index (κ1) is 20.3. The predicted octanol–water partition coefficient (Wildman–Crippen LogP) is 7.76. The molecule has 0 N–H and O–H groups in total. The summed E-state index contributed by atoms with van der Waals surface area (Å²) in [6.07, 6.45) is 2.57. The van der Waals surface area contributed by atoms with Crippen LogP contribution in [0.25, 0.3) is 22.3 Å². The van der Waals surface area contributed by atoms with Crippen LogP contribution in [0.1, 0.15) is 57.6 Å². The highest BCUT2D eigenvalue weighted by molar-refractivity contribution is 5.82. The number of hydroxylamine groups is 1. The van der Waals surface area contributed by atoms with E-state index in [2.05, 4.69) is 106 Å². The maximum atomic E-state index is 6.37. The molecule has 2 fully saturated rings. The van der Waals surface area contributed by atoms with E-state index in [4.69, 9.17) is 4.84 Å². The largest absolute Gasteiger partial charge is 0.267 e. The number of anilines is 1. The number of hydrogen-bond donors (Lipinski definition) is 0. The van der Waals surface area contributed by atoms with E-state index < -0.39 is 0 Å². The molecule has 2 nitrogen and oxygen atoms in total. The molecule has 0 amide bonds. The Morgan fingerprint density at radius 1 is 0.806 bits per heavy atom. The van der Waals surface area contributed by atoms with Crippen LogP contribution in [0.5, 0.6) is 0 Å². The summed E-state index contributed by atoms with van der Waals surface area (Å²) in [6.45, 7) is 12.1. The Bertz CT molecular complexity index is 1110. The van der Waals surface area contributed by atoms with Gasteiger partial charge in [-0.1, -0.05) is 68.4 Å². The Morgan fingerprint density at radius 3 is 2.16 bits per heavy atom. The quantitative estimate of drug-likeness (QED) is 0.435. The molecule has 0 radical (unpaired) electrons. The Hall–Kier alpha value is -2.58. The molecule has 160 valence electrons. The van der Waals surface area contributed by atoms with Gasteiger partial charge in [0.15, 0.2) is 0 Å². The molecule has 0 atom stereocenters. The van der Waals surface area contributed by atoms with Gasteiger partial charge in [0.2, 0.25) is 0 Å². The van der Waals surface area contributed by atoms with Crippen LogP contribution in [-0.2, 0) is 4.84 Å². The van der Waals surface area contributed by atoms with E-state index in [1.165, 1.54) is 46.2 Å². The molecule has 0 bridgehead atoms. The van der Waals surface area contributed by atoms with E-state index in [9.17, 15) is 0 Å². The third-order valence-corrected chi connectivity index (χ3v) is 7.48. The standard InChI is InChI=1S/C29H33NO/c1-20-10-6-7-13-24(20)26-15-9-14-25(27(26)21-16-17-21)22-11-8-12-23(18-22)30-19-28(2,3)29(4,5)31-30/h6-15,18,21H,16-17,19H2,1-5H3. The van der Waals surface area contributed by atoms with Crippen LogP contribution in [0.2, 0.25) is 0 Å². The van der Waals surface area contributed by atoms with Crippen molar-refractivity contribution in [1.29, 1.82) is 0 Å². The van der Waals surface area contributed by atoms with Gasteiger partial charge in [0.25, 0.3) is 0 Å². The molecule has 3 aromatic carbocycles. The summed E-state index contributed by atoms with van der Waals surface area (Å²) in [6, 6.07) is 24.5. The van der Waals surface area contributed by atoms with Crippen LogP contribution in [0.3, 0.4) is 0 Å². The second-order valence-corrected chi connectivity index (χ2v) is 10.4. The number of rotatable bonds is 4. The minimum Gasteiger partial charge on any atom is -0.267 e. The van der Waals surface area contributed by atoms with E-state index in [1.807, 2.05) is 0 Å². The summed E-state index contributed by atoms with van der Waals surface area (Å²) in [5, 5.41) is 2.09. The smallest absolute Gasteiger partial charge is 0.0975 e. The Balaban J connectivity index is 1.59. The zero-order valence-corrected chi connectivity index (χ0v) is 19.4. The summed E-state index contributed by atoms with van der Waals surface area (Å²) in [7, 11) is 0. The first-order valence-corrected chi connectivity index (χ1v) is 11.5. The molecular formula is C29H33NO. The molecule has 1 aliphatic heterocycles. The highest BCUT2D eigenvalue weighted by atomic mass is 16.7. The van der Waals surface area contributed by atoms with Gasteiger partial charge >= 0.3 is 0 Å². The van der Waals surface area contributed by atoms with E-state index >= 15 is 0 Å². The number of aryl methyl sites for hydroxylation is 1. The molecule has 1 heterocycles. The minimum absolute atomic E-state index is 0.0902. The van der Waals surface area contributed by atoms with Gasteiger partial charge in [0.1, 0.15) is 0 Å². The number of hydrogen-bond acceptors (Lipinski definition) is 2. The first-order chi connectivity index (χ1) is 14.8. The minimum atomic E-state index is -0.188. The fraction of sp³-hybridized carbons (Fsp3) is 0.379. The van der Waals surface area contributed by atoms with Gasteiger partial charge in [-0.3, -0.25) is 9.90 Å². The summed E-state index contributed by atoms with van der Waals surface area (Å²) in [5.74, 6) is 0.662. The van der Waals surface area contributed by atoms with E-state index in [1.54, 1.807) is 0 Å². The van der Waals surface area contributed by atoms with Crippen molar-refractivity contribution < 1.29 is 4.84 Å². The molecular weight excluding hydrogens is 378 g/mol. The van der Waals surface area contributed by atoms with Crippen molar-refractivity contribution in [3.8, 4) is 22.3 Å². The van der Waals surface area contributed by atoms with Gasteiger partial charge in [-0.05, 0) is 85.0 Å². The van der Waals surface area contributed by atoms with Crippen LogP contribution in [0.4, 0.5) is 5.69 Å². The summed E-state index contributed by atoms with van der Waals surface area (Å²) < 4.78 is 0. The van der Waals surface area contributed by atoms with Gasteiger partial charge in [0.05, 0.1) is 17.8 Å². The molecule has 1 saturated heterocycles. The predicted molar refractivity (Wildman–Crippen MR) is 130 cm³/mol. The van der Waals surface area contributed by atoms with Crippen LogP contribution < -0.4 is 5.06 Å². The highest BCUT2D eigenvalue weighted by Gasteiger charge is 2.47. The maximum absolute atomic E-state index is 6.37. The average Bonchev–Trinajstić information content (AvgIpc) is 3.55. The van der Waals surface area contributed by atoms with Crippen molar-refractivity contribution >= 4 is 5.69 Å². The Morgan fingerprint density at radius 2 is 1.48 bits per heavy atom. The molecule has 31 heavy (non-hydrogen) atoms. The molecule has 2 aliphatic rings. The topological polar surface area (TPSA) is 12.5 Å². The van der Waals surface area contributed by atoms with Crippen molar-refractivity contribution in [3.63, 3.8) is 0 Å². The molecule has 1 aliphatic carbocycles. The monoisotopic (exact) mass is 411 g/mol. The van der Waals surface area contributed by atoms with Crippen molar-refractivity contribution in [2.75, 3.05) is 11.6 Å². The van der Waals surface area contributed by atoms with Crippen LogP contribution in [-0.4, -0.2) is 12.1 Å². The van der Waals surface area contributed by atoms with Crippen molar-refractivity contribution in [2.45, 2.75) is 59.0 Å². The van der Waals surface area contributed by atoms with E-state index in [0.29, 0.717) is 5.92 Å². The Labute approximate surface area is 186 Å². The molecule has 2 heteroatoms. The van der Waals surface area contributed by atoms with E-state index in [0.717, 1.165) is 12.2 Å². The molecule has 1 saturated carbocycles. The van der Waals surface area contributed by atoms with Crippen LogP contribution in [0.15, 0.2) is 66.7 Å². The second kappa shape index (κ2) is 7.24. The fourth-order valence-corrected chi connectivity index (χ4v) is 4.69. The first-order valence-electron chi connectivity index (χ1n) is 11.5. The molecule has 0 spiro atoms. The fourth-order valence-electron chi connectivity index (χ4n) is 4.69. The van der Waals surface area contributed by atoms with Gasteiger partial charge in [-0.15, -0.1) is 0 Å². The summed E-state index contributed by atoms with van der Waals surface area (Å²) >= 11 is 0. The summed E-state index contributed by atoms with van der Waals surface area (Å²) in [5.41, 5.74) is 9.28. The molecule has 0 unspecified atom stereocenters. The van der Waals surface area contributed by atoms with Gasteiger partial charge in [0, 0.05) is 5.41 Å². The van der Waals surface area contributed by atoms with Gasteiger partial charge < -0.3 is 0 Å². The molecule has 0 aromatic heterocycles. The number of nitrogens with zero attached hydrogens (tertiary/aromatic N) is 1. The third-order valence-electron chi connectivity index (χ3n) is 7.48. The van der Waals surface area contributed by atoms with Crippen molar-refractivity contribution in [1.82, 2.24) is 0 Å².